The average Bonchev–Trinajstić information content (AvgIpc) is 2.98. The minimum atomic E-state index is -0.430. The van der Waals surface area contributed by atoms with Crippen molar-refractivity contribution in [3.05, 3.63) is 45.6 Å². The van der Waals surface area contributed by atoms with Crippen molar-refractivity contribution in [1.29, 1.82) is 0 Å². The van der Waals surface area contributed by atoms with Crippen LogP contribution < -0.4 is 11.3 Å². The smallest absolute Gasteiger partial charge is 0.272 e. The summed E-state index contributed by atoms with van der Waals surface area (Å²) in [6.45, 7) is 4.42. The molecule has 7 heteroatoms. The monoisotopic (exact) mass is 359 g/mol. The molecule has 0 unspecified atom stereocenters. The lowest BCUT2D eigenvalue weighted by Gasteiger charge is -2.09. The number of rotatable bonds is 5. The van der Waals surface area contributed by atoms with E-state index in [0.29, 0.717) is 21.9 Å². The molecule has 0 bridgehead atoms. The topological polar surface area (TPSA) is 78.0 Å². The number of primary amides is 1. The number of benzene rings is 1. The van der Waals surface area contributed by atoms with Crippen LogP contribution in [0.4, 0.5) is 0 Å². The molecule has 5 nitrogen and oxygen atoms in total. The second-order valence-corrected chi connectivity index (χ2v) is 7.21. The Kier molecular flexibility index (Phi) is 4.73. The normalized spacial score (nSPS) is 11.1. The molecule has 2 heterocycles. The van der Waals surface area contributed by atoms with Gasteiger partial charge in [-0.05, 0) is 19.4 Å². The standard InChI is InChI=1S/C17H17N3O2S2/c1-3-20-16(22)15-14(19-17(20)24-9-13(18)21)12(8-23-15)11-6-4-10(2)5-7-11/h4-8H,3,9H2,1-2H3,(H2,18,21). The molecule has 0 aliphatic rings. The fourth-order valence-electron chi connectivity index (χ4n) is 2.44. The van der Waals surface area contributed by atoms with E-state index in [4.69, 9.17) is 5.73 Å². The molecule has 1 aromatic carbocycles. The maximum absolute atomic E-state index is 12.7. The van der Waals surface area contributed by atoms with E-state index >= 15 is 0 Å². The molecule has 0 saturated carbocycles. The highest BCUT2D eigenvalue weighted by molar-refractivity contribution is 7.99. The first kappa shape index (κ1) is 16.7. The summed E-state index contributed by atoms with van der Waals surface area (Å²) in [6.07, 6.45) is 0. The summed E-state index contributed by atoms with van der Waals surface area (Å²) >= 11 is 2.61. The number of amides is 1. The van der Waals surface area contributed by atoms with E-state index in [1.807, 2.05) is 43.5 Å². The summed E-state index contributed by atoms with van der Waals surface area (Å²) in [4.78, 5) is 28.5. The molecule has 0 atom stereocenters. The number of fused-ring (bicyclic) bond motifs is 1. The molecule has 2 aromatic heterocycles. The number of aryl methyl sites for hydroxylation is 1. The molecule has 2 N–H and O–H groups in total. The van der Waals surface area contributed by atoms with E-state index in [1.54, 1.807) is 4.57 Å². The molecular weight excluding hydrogens is 342 g/mol. The van der Waals surface area contributed by atoms with E-state index in [0.717, 1.165) is 11.1 Å². The van der Waals surface area contributed by atoms with Gasteiger partial charge in [-0.2, -0.15) is 0 Å². The van der Waals surface area contributed by atoms with Gasteiger partial charge in [0.15, 0.2) is 5.16 Å². The number of hydrogen-bond donors (Lipinski definition) is 1. The van der Waals surface area contributed by atoms with Crippen LogP contribution in [0.5, 0.6) is 0 Å². The number of nitrogens with two attached hydrogens (primary N) is 1. The Balaban J connectivity index is 2.18. The van der Waals surface area contributed by atoms with Crippen molar-refractivity contribution >= 4 is 39.2 Å². The maximum atomic E-state index is 12.7. The van der Waals surface area contributed by atoms with Crippen LogP contribution in [0.1, 0.15) is 12.5 Å². The van der Waals surface area contributed by atoms with Crippen molar-refractivity contribution in [3.8, 4) is 11.1 Å². The molecular formula is C17H17N3O2S2. The zero-order valence-electron chi connectivity index (χ0n) is 13.4. The largest absolute Gasteiger partial charge is 0.369 e. The van der Waals surface area contributed by atoms with Crippen LogP contribution in [-0.2, 0) is 11.3 Å². The summed E-state index contributed by atoms with van der Waals surface area (Å²) in [5.74, 6) is -0.330. The molecule has 3 rings (SSSR count). The van der Waals surface area contributed by atoms with Crippen molar-refractivity contribution in [2.24, 2.45) is 5.73 Å². The van der Waals surface area contributed by atoms with E-state index in [9.17, 15) is 9.59 Å². The Morgan fingerprint density at radius 3 is 2.67 bits per heavy atom. The molecule has 0 spiro atoms. The van der Waals surface area contributed by atoms with Gasteiger partial charge in [-0.25, -0.2) is 4.98 Å². The highest BCUT2D eigenvalue weighted by Gasteiger charge is 2.16. The second kappa shape index (κ2) is 6.78. The van der Waals surface area contributed by atoms with Crippen LogP contribution in [0.25, 0.3) is 21.3 Å². The minimum absolute atomic E-state index is 0.0715. The summed E-state index contributed by atoms with van der Waals surface area (Å²) in [6, 6.07) is 8.13. The summed E-state index contributed by atoms with van der Waals surface area (Å²) in [7, 11) is 0. The Bertz CT molecular complexity index is 958. The van der Waals surface area contributed by atoms with Gasteiger partial charge in [0, 0.05) is 17.5 Å². The molecule has 3 aromatic rings. The first-order valence-corrected chi connectivity index (χ1v) is 9.38. The highest BCUT2D eigenvalue weighted by atomic mass is 32.2. The van der Waals surface area contributed by atoms with Gasteiger partial charge in [-0.15, -0.1) is 11.3 Å². The lowest BCUT2D eigenvalue weighted by Crippen LogP contribution is -2.23. The van der Waals surface area contributed by atoms with Gasteiger partial charge in [0.05, 0.1) is 11.3 Å². The van der Waals surface area contributed by atoms with Crippen LogP contribution in [-0.4, -0.2) is 21.2 Å². The third-order valence-electron chi connectivity index (χ3n) is 3.66. The molecule has 0 aliphatic heterocycles. The average molecular weight is 359 g/mol. The van der Waals surface area contributed by atoms with E-state index in [-0.39, 0.29) is 11.3 Å². The SMILES string of the molecule is CCn1c(SCC(N)=O)nc2c(-c3ccc(C)cc3)csc2c1=O. The third-order valence-corrected chi connectivity index (χ3v) is 5.62. The van der Waals surface area contributed by atoms with Crippen LogP contribution in [0, 0.1) is 6.92 Å². The van der Waals surface area contributed by atoms with Crippen LogP contribution in [0.15, 0.2) is 39.6 Å². The Morgan fingerprint density at radius 1 is 1.33 bits per heavy atom. The summed E-state index contributed by atoms with van der Waals surface area (Å²) < 4.78 is 2.22. The predicted molar refractivity (Wildman–Crippen MR) is 99.6 cm³/mol. The molecule has 1 amide bonds. The van der Waals surface area contributed by atoms with Gasteiger partial charge in [0.1, 0.15) is 4.70 Å². The van der Waals surface area contributed by atoms with E-state index < -0.39 is 5.91 Å². The van der Waals surface area contributed by atoms with Gasteiger partial charge in [0.25, 0.3) is 5.56 Å². The van der Waals surface area contributed by atoms with Gasteiger partial charge in [-0.1, -0.05) is 41.6 Å². The van der Waals surface area contributed by atoms with Gasteiger partial charge in [-0.3, -0.25) is 14.2 Å². The lowest BCUT2D eigenvalue weighted by molar-refractivity contribution is -0.115. The van der Waals surface area contributed by atoms with Crippen LogP contribution in [0.3, 0.4) is 0 Å². The van der Waals surface area contributed by atoms with Crippen molar-refractivity contribution in [2.45, 2.75) is 25.5 Å². The number of carbonyl (C=O) groups excluding carboxylic acids is 1. The van der Waals surface area contributed by atoms with Gasteiger partial charge in [0.2, 0.25) is 5.91 Å². The Morgan fingerprint density at radius 2 is 2.04 bits per heavy atom. The quantitative estimate of drug-likeness (QED) is 0.561. The number of thiophene rings is 1. The number of thioether (sulfide) groups is 1. The lowest BCUT2D eigenvalue weighted by atomic mass is 10.1. The van der Waals surface area contributed by atoms with Gasteiger partial charge < -0.3 is 5.73 Å². The van der Waals surface area contributed by atoms with E-state index in [2.05, 4.69) is 4.98 Å². The predicted octanol–water partition coefficient (Wildman–Crippen LogP) is 3.03. The molecule has 0 saturated heterocycles. The number of aromatic nitrogens is 2. The Labute approximate surface area is 147 Å². The maximum Gasteiger partial charge on any atom is 0.272 e. The third kappa shape index (κ3) is 3.09. The summed E-state index contributed by atoms with van der Waals surface area (Å²) in [5.41, 5.74) is 8.98. The molecule has 0 aliphatic carbocycles. The fraction of sp³-hybridized carbons (Fsp3) is 0.235. The first-order valence-electron chi connectivity index (χ1n) is 7.51. The number of nitrogens with zero attached hydrogens (tertiary/aromatic N) is 2. The van der Waals surface area contributed by atoms with Crippen molar-refractivity contribution in [3.63, 3.8) is 0 Å². The number of carbonyl (C=O) groups is 1. The number of hydrogen-bond acceptors (Lipinski definition) is 5. The zero-order valence-corrected chi connectivity index (χ0v) is 15.0. The van der Waals surface area contributed by atoms with Crippen molar-refractivity contribution in [1.82, 2.24) is 9.55 Å². The van der Waals surface area contributed by atoms with Crippen molar-refractivity contribution < 1.29 is 4.79 Å². The molecule has 124 valence electrons. The van der Waals surface area contributed by atoms with Gasteiger partial charge >= 0.3 is 0 Å². The first-order chi connectivity index (χ1) is 11.5. The van der Waals surface area contributed by atoms with Crippen LogP contribution in [0.2, 0.25) is 0 Å². The fourth-order valence-corrected chi connectivity index (χ4v) is 4.20. The van der Waals surface area contributed by atoms with E-state index in [1.165, 1.54) is 28.7 Å². The zero-order chi connectivity index (χ0) is 17.3. The van der Waals surface area contributed by atoms with Crippen molar-refractivity contribution in [2.75, 3.05) is 5.75 Å². The van der Waals surface area contributed by atoms with Crippen LogP contribution >= 0.6 is 23.1 Å². The highest BCUT2D eigenvalue weighted by Crippen LogP contribution is 2.32. The molecule has 0 fully saturated rings. The molecule has 0 radical (unpaired) electrons. The minimum Gasteiger partial charge on any atom is -0.369 e. The second-order valence-electron chi connectivity index (χ2n) is 5.39. The Hall–Kier alpha value is -2.12. The molecule has 24 heavy (non-hydrogen) atoms. The summed E-state index contributed by atoms with van der Waals surface area (Å²) in [5, 5.41) is 2.49.